The van der Waals surface area contributed by atoms with Gasteiger partial charge in [0, 0.05) is 11.6 Å². The number of carbonyl (C=O) groups is 1. The summed E-state index contributed by atoms with van der Waals surface area (Å²) in [4.78, 5) is 17.4. The SMILES string of the molecule is Nc1c(C(=O)Nc2ccccc2F)sc2ncccc12. The Morgan fingerprint density at radius 3 is 2.80 bits per heavy atom. The number of anilines is 2. The van der Waals surface area contributed by atoms with E-state index >= 15 is 0 Å². The van der Waals surface area contributed by atoms with Gasteiger partial charge in [-0.3, -0.25) is 4.79 Å². The number of nitrogens with zero attached hydrogens (tertiary/aromatic N) is 1. The van der Waals surface area contributed by atoms with Crippen LogP contribution in [-0.2, 0) is 0 Å². The Morgan fingerprint density at radius 2 is 2.05 bits per heavy atom. The van der Waals surface area contributed by atoms with Gasteiger partial charge < -0.3 is 11.1 Å². The van der Waals surface area contributed by atoms with Crippen LogP contribution in [0.3, 0.4) is 0 Å². The molecule has 100 valence electrons. The van der Waals surface area contributed by atoms with Gasteiger partial charge >= 0.3 is 0 Å². The normalized spacial score (nSPS) is 10.7. The molecule has 0 radical (unpaired) electrons. The molecule has 0 aliphatic rings. The Balaban J connectivity index is 1.97. The molecule has 6 heteroatoms. The van der Waals surface area contributed by atoms with E-state index < -0.39 is 11.7 Å². The standard InChI is InChI=1S/C14H10FN3OS/c15-9-5-1-2-6-10(9)18-13(19)12-11(16)8-4-3-7-17-14(8)20-12/h1-7H,16H2,(H,18,19). The Bertz CT molecular complexity index is 800. The summed E-state index contributed by atoms with van der Waals surface area (Å²) in [6.45, 7) is 0. The fourth-order valence-corrected chi connectivity index (χ4v) is 2.82. The van der Waals surface area contributed by atoms with Crippen LogP contribution in [0.25, 0.3) is 10.2 Å². The van der Waals surface area contributed by atoms with Crippen LogP contribution in [0.4, 0.5) is 15.8 Å². The molecule has 4 nitrogen and oxygen atoms in total. The van der Waals surface area contributed by atoms with Crippen LogP contribution in [-0.4, -0.2) is 10.9 Å². The maximum absolute atomic E-state index is 13.5. The number of benzene rings is 1. The highest BCUT2D eigenvalue weighted by atomic mass is 32.1. The summed E-state index contributed by atoms with van der Waals surface area (Å²) in [5, 5.41) is 3.25. The van der Waals surface area contributed by atoms with E-state index in [2.05, 4.69) is 10.3 Å². The number of carbonyl (C=O) groups excluding carboxylic acids is 1. The number of thiophene rings is 1. The summed E-state index contributed by atoms with van der Waals surface area (Å²) >= 11 is 1.19. The number of hydrogen-bond acceptors (Lipinski definition) is 4. The first-order chi connectivity index (χ1) is 9.66. The fraction of sp³-hybridized carbons (Fsp3) is 0. The van der Waals surface area contributed by atoms with Crippen molar-refractivity contribution in [2.24, 2.45) is 0 Å². The molecule has 0 saturated carbocycles. The number of nitrogens with one attached hydrogen (secondary N) is 1. The summed E-state index contributed by atoms with van der Waals surface area (Å²) in [6, 6.07) is 9.54. The van der Waals surface area contributed by atoms with Gasteiger partial charge in [0.05, 0.1) is 11.4 Å². The van der Waals surface area contributed by atoms with E-state index in [4.69, 9.17) is 5.73 Å². The molecule has 0 fully saturated rings. The molecule has 0 spiro atoms. The summed E-state index contributed by atoms with van der Waals surface area (Å²) < 4.78 is 13.5. The minimum atomic E-state index is -0.487. The van der Waals surface area contributed by atoms with Crippen molar-refractivity contribution < 1.29 is 9.18 Å². The van der Waals surface area contributed by atoms with E-state index in [0.29, 0.717) is 15.4 Å². The molecule has 0 unspecified atom stereocenters. The number of amides is 1. The minimum Gasteiger partial charge on any atom is -0.397 e. The van der Waals surface area contributed by atoms with Crippen molar-refractivity contribution in [1.29, 1.82) is 0 Å². The van der Waals surface area contributed by atoms with Crippen LogP contribution in [0.2, 0.25) is 0 Å². The molecular weight excluding hydrogens is 277 g/mol. The Kier molecular flexibility index (Phi) is 3.08. The molecule has 0 saturated heterocycles. The molecule has 20 heavy (non-hydrogen) atoms. The topological polar surface area (TPSA) is 68.0 Å². The van der Waals surface area contributed by atoms with Gasteiger partial charge in [-0.05, 0) is 24.3 Å². The van der Waals surface area contributed by atoms with Crippen molar-refractivity contribution in [3.8, 4) is 0 Å². The molecule has 3 aromatic rings. The van der Waals surface area contributed by atoms with Gasteiger partial charge in [0.15, 0.2) is 0 Å². The van der Waals surface area contributed by atoms with Gasteiger partial charge in [-0.25, -0.2) is 9.37 Å². The first-order valence-corrected chi connectivity index (χ1v) is 6.67. The highest BCUT2D eigenvalue weighted by molar-refractivity contribution is 7.21. The van der Waals surface area contributed by atoms with Crippen molar-refractivity contribution in [2.45, 2.75) is 0 Å². The fourth-order valence-electron chi connectivity index (χ4n) is 1.86. The van der Waals surface area contributed by atoms with E-state index in [1.807, 2.05) is 0 Å². The molecule has 3 N–H and O–H groups in total. The molecule has 1 aromatic carbocycles. The van der Waals surface area contributed by atoms with E-state index in [-0.39, 0.29) is 5.69 Å². The van der Waals surface area contributed by atoms with Crippen LogP contribution in [0.5, 0.6) is 0 Å². The predicted molar refractivity (Wildman–Crippen MR) is 78.4 cm³/mol. The average molecular weight is 287 g/mol. The molecule has 0 aliphatic heterocycles. The molecule has 2 heterocycles. The number of pyridine rings is 1. The molecule has 0 atom stereocenters. The third-order valence-electron chi connectivity index (χ3n) is 2.83. The quantitative estimate of drug-likeness (QED) is 0.760. The monoisotopic (exact) mass is 287 g/mol. The van der Waals surface area contributed by atoms with Crippen molar-refractivity contribution in [1.82, 2.24) is 4.98 Å². The second kappa shape index (κ2) is 4.90. The van der Waals surface area contributed by atoms with Gasteiger partial charge in [0.2, 0.25) is 0 Å². The number of nitrogen functional groups attached to an aromatic ring is 1. The van der Waals surface area contributed by atoms with Gasteiger partial charge in [-0.1, -0.05) is 12.1 Å². The highest BCUT2D eigenvalue weighted by Gasteiger charge is 2.17. The third kappa shape index (κ3) is 2.10. The summed E-state index contributed by atoms with van der Waals surface area (Å²) in [6.07, 6.45) is 1.64. The lowest BCUT2D eigenvalue weighted by Gasteiger charge is -2.05. The zero-order valence-electron chi connectivity index (χ0n) is 10.3. The number of rotatable bonds is 2. The lowest BCUT2D eigenvalue weighted by atomic mass is 10.2. The molecule has 0 bridgehead atoms. The average Bonchev–Trinajstić information content (AvgIpc) is 2.79. The van der Waals surface area contributed by atoms with Gasteiger partial charge in [0.1, 0.15) is 15.5 Å². The summed E-state index contributed by atoms with van der Waals surface area (Å²) in [5.41, 5.74) is 6.44. The van der Waals surface area contributed by atoms with Gasteiger partial charge in [0.25, 0.3) is 5.91 Å². The molecule has 3 rings (SSSR count). The number of halogens is 1. The van der Waals surface area contributed by atoms with Crippen molar-refractivity contribution in [3.63, 3.8) is 0 Å². The van der Waals surface area contributed by atoms with E-state index in [1.165, 1.54) is 23.5 Å². The van der Waals surface area contributed by atoms with Crippen LogP contribution >= 0.6 is 11.3 Å². The molecule has 0 aliphatic carbocycles. The van der Waals surface area contributed by atoms with Gasteiger partial charge in [-0.15, -0.1) is 11.3 Å². The largest absolute Gasteiger partial charge is 0.397 e. The minimum absolute atomic E-state index is 0.127. The maximum atomic E-state index is 13.5. The zero-order chi connectivity index (χ0) is 14.1. The number of hydrogen-bond donors (Lipinski definition) is 2. The van der Waals surface area contributed by atoms with Gasteiger partial charge in [-0.2, -0.15) is 0 Å². The first kappa shape index (κ1) is 12.6. The second-order valence-electron chi connectivity index (χ2n) is 4.13. The first-order valence-electron chi connectivity index (χ1n) is 5.85. The second-order valence-corrected chi connectivity index (χ2v) is 5.13. The van der Waals surface area contributed by atoms with E-state index in [9.17, 15) is 9.18 Å². The lowest BCUT2D eigenvalue weighted by molar-refractivity contribution is 0.103. The van der Waals surface area contributed by atoms with Crippen LogP contribution in [0.1, 0.15) is 9.67 Å². The van der Waals surface area contributed by atoms with Crippen LogP contribution < -0.4 is 11.1 Å². The Labute approximate surface area is 118 Å². The van der Waals surface area contributed by atoms with Crippen LogP contribution in [0, 0.1) is 5.82 Å². The smallest absolute Gasteiger partial charge is 0.268 e. The summed E-state index contributed by atoms with van der Waals surface area (Å²) in [5.74, 6) is -0.922. The summed E-state index contributed by atoms with van der Waals surface area (Å²) in [7, 11) is 0. The predicted octanol–water partition coefficient (Wildman–Crippen LogP) is 3.27. The van der Waals surface area contributed by atoms with Crippen LogP contribution in [0.15, 0.2) is 42.6 Å². The van der Waals surface area contributed by atoms with E-state index in [1.54, 1.807) is 30.5 Å². The maximum Gasteiger partial charge on any atom is 0.268 e. The lowest BCUT2D eigenvalue weighted by Crippen LogP contribution is -2.12. The molecular formula is C14H10FN3OS. The Hall–Kier alpha value is -2.47. The van der Waals surface area contributed by atoms with Crippen molar-refractivity contribution in [2.75, 3.05) is 11.1 Å². The van der Waals surface area contributed by atoms with Crippen molar-refractivity contribution >= 4 is 38.8 Å². The number of para-hydroxylation sites is 1. The van der Waals surface area contributed by atoms with Crippen molar-refractivity contribution in [3.05, 3.63) is 53.3 Å². The Morgan fingerprint density at radius 1 is 1.25 bits per heavy atom. The molecule has 2 aromatic heterocycles. The highest BCUT2D eigenvalue weighted by Crippen LogP contribution is 2.32. The number of aromatic nitrogens is 1. The third-order valence-corrected chi connectivity index (χ3v) is 3.96. The zero-order valence-corrected chi connectivity index (χ0v) is 11.1. The number of nitrogens with two attached hydrogens (primary N) is 1. The van der Waals surface area contributed by atoms with E-state index in [0.717, 1.165) is 5.39 Å². The number of fused-ring (bicyclic) bond motifs is 1. The molecule has 1 amide bonds.